The third-order valence-corrected chi connectivity index (χ3v) is 9.53. The molecule has 2 saturated heterocycles. The summed E-state index contributed by atoms with van der Waals surface area (Å²) >= 11 is 0. The molecule has 5 rings (SSSR count). The predicted molar refractivity (Wildman–Crippen MR) is 133 cm³/mol. The molecule has 3 aromatic rings. The highest BCUT2D eigenvalue weighted by atomic mass is 32.2. The summed E-state index contributed by atoms with van der Waals surface area (Å²) in [5.74, 6) is -0.180. The van der Waals surface area contributed by atoms with Gasteiger partial charge < -0.3 is 0 Å². The fourth-order valence-electron chi connectivity index (χ4n) is 5.52. The third-order valence-electron chi connectivity index (χ3n) is 7.21. The monoisotopic (exact) mass is 485 g/mol. The quantitative estimate of drug-likeness (QED) is 0.536. The zero-order chi connectivity index (χ0) is 25.0. The van der Waals surface area contributed by atoms with Gasteiger partial charge in [-0.25, -0.2) is 13.4 Å². The number of amides is 1. The first kappa shape index (κ1) is 23.3. The van der Waals surface area contributed by atoms with E-state index >= 15 is 0 Å². The van der Waals surface area contributed by atoms with Crippen LogP contribution in [0.25, 0.3) is 0 Å². The topological polar surface area (TPSA) is 81.5 Å². The van der Waals surface area contributed by atoms with Crippen molar-refractivity contribution in [1.29, 1.82) is 5.26 Å². The number of aryl methyl sites for hydroxylation is 2. The highest BCUT2D eigenvalue weighted by Crippen LogP contribution is 2.59. The van der Waals surface area contributed by atoms with Crippen molar-refractivity contribution in [3.63, 3.8) is 0 Å². The van der Waals surface area contributed by atoms with Crippen molar-refractivity contribution in [1.82, 2.24) is 10.0 Å². The average molecular weight is 486 g/mol. The number of rotatable bonds is 4. The Morgan fingerprint density at radius 1 is 0.857 bits per heavy atom. The van der Waals surface area contributed by atoms with Crippen molar-refractivity contribution in [3.05, 3.63) is 101 Å². The first-order valence-electron chi connectivity index (χ1n) is 11.7. The van der Waals surface area contributed by atoms with Gasteiger partial charge in [0.05, 0.1) is 17.0 Å². The maximum absolute atomic E-state index is 14.5. The second-order valence-corrected chi connectivity index (χ2v) is 11.7. The van der Waals surface area contributed by atoms with Crippen LogP contribution in [0.4, 0.5) is 0 Å². The molecule has 0 aliphatic carbocycles. The van der Waals surface area contributed by atoms with Crippen LogP contribution >= 0.6 is 0 Å². The van der Waals surface area contributed by atoms with Crippen LogP contribution in [0.3, 0.4) is 0 Å². The number of sulfone groups is 1. The molecule has 2 aliphatic heterocycles. The van der Waals surface area contributed by atoms with Crippen molar-refractivity contribution < 1.29 is 13.2 Å². The molecule has 2 fully saturated rings. The minimum absolute atomic E-state index is 0.0678. The number of hydrogen-bond acceptors (Lipinski definition) is 5. The van der Waals surface area contributed by atoms with E-state index in [1.807, 2.05) is 74.3 Å². The highest BCUT2D eigenvalue weighted by molar-refractivity contribution is 7.93. The lowest BCUT2D eigenvalue weighted by molar-refractivity contribution is -0.139. The van der Waals surface area contributed by atoms with Gasteiger partial charge >= 0.3 is 0 Å². The van der Waals surface area contributed by atoms with E-state index < -0.39 is 26.7 Å². The van der Waals surface area contributed by atoms with Crippen LogP contribution in [-0.4, -0.2) is 35.1 Å². The van der Waals surface area contributed by atoms with Crippen molar-refractivity contribution in [2.24, 2.45) is 0 Å². The van der Waals surface area contributed by atoms with Gasteiger partial charge in [0.1, 0.15) is 6.04 Å². The molecule has 178 valence electrons. The number of carbonyl (C=O) groups is 1. The third kappa shape index (κ3) is 3.32. The van der Waals surface area contributed by atoms with Gasteiger partial charge in [0, 0.05) is 12.5 Å². The fourth-order valence-corrected chi connectivity index (χ4v) is 7.62. The molecule has 6 nitrogen and oxygen atoms in total. The van der Waals surface area contributed by atoms with Crippen LogP contribution in [-0.2, 0) is 14.6 Å². The molecule has 0 aromatic heterocycles. The minimum Gasteiger partial charge on any atom is -0.273 e. The Kier molecular flexibility index (Phi) is 5.54. The molecular formula is C28H27N3O3S. The summed E-state index contributed by atoms with van der Waals surface area (Å²) in [6.45, 7) is 5.81. The molecule has 0 N–H and O–H groups in total. The van der Waals surface area contributed by atoms with Gasteiger partial charge in [0.2, 0.25) is 20.5 Å². The Morgan fingerprint density at radius 3 is 1.89 bits per heavy atom. The Bertz CT molecular complexity index is 1410. The molecule has 0 saturated carbocycles. The van der Waals surface area contributed by atoms with Crippen molar-refractivity contribution in [2.75, 3.05) is 0 Å². The Labute approximate surface area is 206 Å². The van der Waals surface area contributed by atoms with E-state index in [2.05, 4.69) is 6.07 Å². The van der Waals surface area contributed by atoms with Gasteiger partial charge in [-0.15, -0.1) is 0 Å². The zero-order valence-electron chi connectivity index (χ0n) is 19.9. The van der Waals surface area contributed by atoms with E-state index in [4.69, 9.17) is 0 Å². The van der Waals surface area contributed by atoms with Gasteiger partial charge in [-0.2, -0.15) is 5.26 Å². The van der Waals surface area contributed by atoms with Crippen molar-refractivity contribution in [3.8, 4) is 6.07 Å². The summed E-state index contributed by atoms with van der Waals surface area (Å²) in [6, 6.07) is 23.3. The number of nitrogens with zero attached hydrogens (tertiary/aromatic N) is 3. The van der Waals surface area contributed by atoms with E-state index in [9.17, 15) is 18.5 Å². The number of hydrogen-bond donors (Lipinski definition) is 0. The Hall–Kier alpha value is -3.47. The van der Waals surface area contributed by atoms with Crippen LogP contribution in [0.1, 0.15) is 47.7 Å². The van der Waals surface area contributed by atoms with Gasteiger partial charge in [0.25, 0.3) is 0 Å². The molecule has 0 radical (unpaired) electrons. The van der Waals surface area contributed by atoms with Crippen LogP contribution in [0.2, 0.25) is 0 Å². The zero-order valence-corrected chi connectivity index (χ0v) is 20.7. The van der Waals surface area contributed by atoms with Crippen LogP contribution < -0.4 is 0 Å². The lowest BCUT2D eigenvalue weighted by Crippen LogP contribution is -2.48. The van der Waals surface area contributed by atoms with E-state index in [1.165, 1.54) is 12.1 Å². The number of carbonyl (C=O) groups excluding carboxylic acids is 1. The standard InChI is InChI=1S/C28H27N3O3S/c1-19-9-13-22(14-10-19)26-28(18-29,35(33,34)24-7-5-4-6-8-24)27(23-15-11-20(2)12-16-23)31-25(32)17-21(3)30(26)31/h4-16,21,26-27H,17H2,1-3H3/t21-,26-,27+,28-/m0/s1. The molecule has 0 unspecified atom stereocenters. The summed E-state index contributed by atoms with van der Waals surface area (Å²) in [5, 5.41) is 14.3. The maximum atomic E-state index is 14.5. The molecule has 3 aromatic carbocycles. The lowest BCUT2D eigenvalue weighted by atomic mass is 9.84. The van der Waals surface area contributed by atoms with E-state index in [1.54, 1.807) is 23.2 Å². The van der Waals surface area contributed by atoms with Gasteiger partial charge in [0.15, 0.2) is 0 Å². The first-order valence-corrected chi connectivity index (χ1v) is 13.1. The average Bonchev–Trinajstić information content (AvgIpc) is 3.33. The molecule has 4 atom stereocenters. The number of nitriles is 1. The van der Waals surface area contributed by atoms with Crippen LogP contribution in [0.5, 0.6) is 0 Å². The largest absolute Gasteiger partial charge is 0.273 e. The normalized spacial score (nSPS) is 26.5. The van der Waals surface area contributed by atoms with E-state index in [0.717, 1.165) is 11.1 Å². The molecule has 1 amide bonds. The summed E-state index contributed by atoms with van der Waals surface area (Å²) in [6.07, 6.45) is 0.262. The minimum atomic E-state index is -4.25. The van der Waals surface area contributed by atoms with Gasteiger partial charge in [-0.1, -0.05) is 77.9 Å². The summed E-state index contributed by atoms with van der Waals surface area (Å²) in [5.41, 5.74) is 3.35. The van der Waals surface area contributed by atoms with E-state index in [-0.39, 0.29) is 23.3 Å². The highest BCUT2D eigenvalue weighted by Gasteiger charge is 2.71. The van der Waals surface area contributed by atoms with Crippen molar-refractivity contribution >= 4 is 15.7 Å². The van der Waals surface area contributed by atoms with Gasteiger partial charge in [-0.3, -0.25) is 9.80 Å². The first-order chi connectivity index (χ1) is 16.7. The second kappa shape index (κ2) is 8.33. The van der Waals surface area contributed by atoms with Crippen LogP contribution in [0.15, 0.2) is 83.8 Å². The summed E-state index contributed by atoms with van der Waals surface area (Å²) in [7, 11) is -4.25. The fraction of sp³-hybridized carbons (Fsp3) is 0.286. The maximum Gasteiger partial charge on any atom is 0.239 e. The number of fused-ring (bicyclic) bond motifs is 1. The van der Waals surface area contributed by atoms with E-state index in [0.29, 0.717) is 11.1 Å². The molecule has 2 aliphatic rings. The molecule has 0 spiro atoms. The number of hydrazine groups is 1. The second-order valence-electron chi connectivity index (χ2n) is 9.52. The Balaban J connectivity index is 1.87. The molecule has 2 heterocycles. The summed E-state index contributed by atoms with van der Waals surface area (Å²) in [4.78, 5) is 13.5. The summed E-state index contributed by atoms with van der Waals surface area (Å²) < 4.78 is 27.1. The predicted octanol–water partition coefficient (Wildman–Crippen LogP) is 4.67. The lowest BCUT2D eigenvalue weighted by Gasteiger charge is -2.34. The van der Waals surface area contributed by atoms with Crippen LogP contribution in [0, 0.1) is 25.2 Å². The Morgan fingerprint density at radius 2 is 1.37 bits per heavy atom. The molecular weight excluding hydrogens is 458 g/mol. The molecule has 35 heavy (non-hydrogen) atoms. The smallest absolute Gasteiger partial charge is 0.239 e. The van der Waals surface area contributed by atoms with Crippen molar-refractivity contribution in [2.45, 2.75) is 55.0 Å². The number of benzene rings is 3. The van der Waals surface area contributed by atoms with Gasteiger partial charge in [-0.05, 0) is 44.0 Å². The molecule has 0 bridgehead atoms. The SMILES string of the molecule is Cc1ccc([C@@H]2N3[C@@H](C)CC(=O)N3[C@H](c3ccc(C)cc3)[C@@]2(C#N)S(=O)(=O)c2ccccc2)cc1. The molecule has 7 heteroatoms.